The summed E-state index contributed by atoms with van der Waals surface area (Å²) in [6.07, 6.45) is 0.559. The summed E-state index contributed by atoms with van der Waals surface area (Å²) in [5, 5.41) is 13.8. The summed E-state index contributed by atoms with van der Waals surface area (Å²) in [5.74, 6) is 0.0198. The second kappa shape index (κ2) is 8.26. The molecule has 1 amide bonds. The molecule has 0 aliphatic carbocycles. The van der Waals surface area contributed by atoms with Crippen LogP contribution in [0.2, 0.25) is 0 Å². The lowest BCUT2D eigenvalue weighted by molar-refractivity contribution is 0.0761. The van der Waals surface area contributed by atoms with Gasteiger partial charge in [-0.05, 0) is 33.3 Å². The van der Waals surface area contributed by atoms with Crippen molar-refractivity contribution in [3.8, 4) is 5.75 Å². The number of benzene rings is 1. The highest BCUT2D eigenvalue weighted by Crippen LogP contribution is 2.29. The van der Waals surface area contributed by atoms with E-state index in [1.165, 1.54) is 11.3 Å². The molecule has 2 atom stereocenters. The Morgan fingerprint density at radius 2 is 2.08 bits per heavy atom. The number of hydrogen-bond acceptors (Lipinski definition) is 5. The van der Waals surface area contributed by atoms with Gasteiger partial charge in [-0.2, -0.15) is 0 Å². The SMILES string of the molecule is CCO[C@H](C)c1nc(C)c(C(=O)N[C@@H](CC)c2ccccc2O)s1. The van der Waals surface area contributed by atoms with Crippen molar-refractivity contribution in [3.63, 3.8) is 0 Å². The average molecular weight is 348 g/mol. The van der Waals surface area contributed by atoms with Crippen LogP contribution in [-0.2, 0) is 4.74 Å². The van der Waals surface area contributed by atoms with Gasteiger partial charge < -0.3 is 15.2 Å². The Hall–Kier alpha value is -1.92. The van der Waals surface area contributed by atoms with Gasteiger partial charge in [0.1, 0.15) is 21.7 Å². The van der Waals surface area contributed by atoms with Gasteiger partial charge in [-0.15, -0.1) is 11.3 Å². The lowest BCUT2D eigenvalue weighted by Crippen LogP contribution is -2.28. The van der Waals surface area contributed by atoms with Gasteiger partial charge in [0.2, 0.25) is 0 Å². The van der Waals surface area contributed by atoms with Crippen molar-refractivity contribution in [2.24, 2.45) is 0 Å². The first-order chi connectivity index (χ1) is 11.5. The molecule has 0 spiro atoms. The van der Waals surface area contributed by atoms with Gasteiger partial charge in [-0.25, -0.2) is 4.98 Å². The van der Waals surface area contributed by atoms with Gasteiger partial charge in [0.15, 0.2) is 0 Å². The fourth-order valence-electron chi connectivity index (χ4n) is 2.53. The molecule has 2 rings (SSSR count). The molecule has 0 saturated carbocycles. The van der Waals surface area contributed by atoms with E-state index in [0.717, 1.165) is 10.6 Å². The van der Waals surface area contributed by atoms with E-state index in [-0.39, 0.29) is 23.8 Å². The molecule has 0 fully saturated rings. The number of thiazole rings is 1. The van der Waals surface area contributed by atoms with Crippen molar-refractivity contribution >= 4 is 17.2 Å². The number of nitrogens with one attached hydrogen (secondary N) is 1. The smallest absolute Gasteiger partial charge is 0.263 e. The molecule has 0 aliphatic rings. The number of aromatic hydroxyl groups is 1. The number of hydrogen-bond donors (Lipinski definition) is 2. The molecular weight excluding hydrogens is 324 g/mol. The molecule has 130 valence electrons. The molecule has 0 unspecified atom stereocenters. The topological polar surface area (TPSA) is 71.5 Å². The minimum atomic E-state index is -0.243. The standard InChI is InChI=1S/C18H24N2O3S/c1-5-14(13-9-7-8-10-15(13)21)20-17(22)16-11(3)19-18(24-16)12(4)23-6-2/h7-10,12,14,21H,5-6H2,1-4H3,(H,20,22)/t12-,14+/m1/s1. The summed E-state index contributed by atoms with van der Waals surface area (Å²) in [4.78, 5) is 17.7. The van der Waals surface area contributed by atoms with E-state index in [9.17, 15) is 9.90 Å². The van der Waals surface area contributed by atoms with Crippen LogP contribution in [0, 0.1) is 6.92 Å². The normalized spacial score (nSPS) is 13.5. The summed E-state index contributed by atoms with van der Waals surface area (Å²) < 4.78 is 5.55. The number of phenolic OH excluding ortho intramolecular Hbond substituents is 1. The molecule has 5 nitrogen and oxygen atoms in total. The number of para-hydroxylation sites is 1. The Labute approximate surface area is 146 Å². The summed E-state index contributed by atoms with van der Waals surface area (Å²) in [7, 11) is 0. The molecule has 1 heterocycles. The third-order valence-corrected chi connectivity index (χ3v) is 5.13. The Morgan fingerprint density at radius 1 is 1.38 bits per heavy atom. The van der Waals surface area contributed by atoms with Gasteiger partial charge in [-0.1, -0.05) is 25.1 Å². The Kier molecular flexibility index (Phi) is 6.34. The molecule has 0 radical (unpaired) electrons. The highest BCUT2D eigenvalue weighted by Gasteiger charge is 2.22. The van der Waals surface area contributed by atoms with Crippen LogP contribution < -0.4 is 5.32 Å². The predicted octanol–water partition coefficient (Wildman–Crippen LogP) is 4.14. The second-order valence-electron chi connectivity index (χ2n) is 5.56. The first-order valence-corrected chi connectivity index (χ1v) is 8.97. The molecule has 24 heavy (non-hydrogen) atoms. The van der Waals surface area contributed by atoms with Crippen molar-refractivity contribution in [1.82, 2.24) is 10.3 Å². The Balaban J connectivity index is 2.18. The van der Waals surface area contributed by atoms with Gasteiger partial charge in [0.05, 0.1) is 11.7 Å². The maximum atomic E-state index is 12.7. The van der Waals surface area contributed by atoms with Crippen LogP contribution in [-0.4, -0.2) is 22.6 Å². The Bertz CT molecular complexity index is 699. The van der Waals surface area contributed by atoms with Gasteiger partial charge in [0.25, 0.3) is 5.91 Å². The first-order valence-electron chi connectivity index (χ1n) is 8.15. The van der Waals surface area contributed by atoms with Crippen molar-refractivity contribution in [2.45, 2.75) is 46.3 Å². The van der Waals surface area contributed by atoms with Crippen LogP contribution in [0.15, 0.2) is 24.3 Å². The minimum Gasteiger partial charge on any atom is -0.508 e. The lowest BCUT2D eigenvalue weighted by Gasteiger charge is -2.18. The van der Waals surface area contributed by atoms with Crippen molar-refractivity contribution in [3.05, 3.63) is 45.4 Å². The van der Waals surface area contributed by atoms with Crippen LogP contribution in [0.3, 0.4) is 0 Å². The first kappa shape index (κ1) is 18.4. The van der Waals surface area contributed by atoms with Crippen LogP contribution in [0.1, 0.15) is 65.3 Å². The van der Waals surface area contributed by atoms with E-state index in [2.05, 4.69) is 10.3 Å². The zero-order valence-corrected chi connectivity index (χ0v) is 15.3. The number of aromatic nitrogens is 1. The molecule has 2 aromatic rings. The molecule has 0 aliphatic heterocycles. The fraction of sp³-hybridized carbons (Fsp3) is 0.444. The number of carbonyl (C=O) groups is 1. The van der Waals surface area contributed by atoms with Gasteiger partial charge in [-0.3, -0.25) is 4.79 Å². The number of carbonyl (C=O) groups excluding carboxylic acids is 1. The zero-order chi connectivity index (χ0) is 17.7. The van der Waals surface area contributed by atoms with E-state index in [1.54, 1.807) is 12.1 Å². The van der Waals surface area contributed by atoms with E-state index < -0.39 is 0 Å². The number of aryl methyl sites for hydroxylation is 1. The Morgan fingerprint density at radius 3 is 2.71 bits per heavy atom. The minimum absolute atomic E-state index is 0.125. The highest BCUT2D eigenvalue weighted by atomic mass is 32.1. The van der Waals surface area contributed by atoms with Crippen LogP contribution in [0.25, 0.3) is 0 Å². The van der Waals surface area contributed by atoms with Crippen molar-refractivity contribution < 1.29 is 14.6 Å². The van der Waals surface area contributed by atoms with E-state index >= 15 is 0 Å². The third-order valence-electron chi connectivity index (χ3n) is 3.81. The van der Waals surface area contributed by atoms with Crippen molar-refractivity contribution in [2.75, 3.05) is 6.61 Å². The second-order valence-corrected chi connectivity index (χ2v) is 6.59. The van der Waals surface area contributed by atoms with Crippen LogP contribution in [0.4, 0.5) is 0 Å². The zero-order valence-electron chi connectivity index (χ0n) is 14.5. The molecular formula is C18H24N2O3S. The summed E-state index contributed by atoms with van der Waals surface area (Å²) in [5.41, 5.74) is 1.42. The van der Waals surface area contributed by atoms with E-state index in [4.69, 9.17) is 4.74 Å². The van der Waals surface area contributed by atoms with E-state index in [0.29, 0.717) is 23.6 Å². The molecule has 2 N–H and O–H groups in total. The molecule has 6 heteroatoms. The van der Waals surface area contributed by atoms with Gasteiger partial charge in [0, 0.05) is 12.2 Å². The largest absolute Gasteiger partial charge is 0.508 e. The number of amides is 1. The maximum absolute atomic E-state index is 12.7. The highest BCUT2D eigenvalue weighted by molar-refractivity contribution is 7.13. The fourth-order valence-corrected chi connectivity index (χ4v) is 3.50. The number of phenols is 1. The van der Waals surface area contributed by atoms with Crippen molar-refractivity contribution in [1.29, 1.82) is 0 Å². The summed E-state index contributed by atoms with van der Waals surface area (Å²) in [6, 6.07) is 6.83. The molecule has 0 saturated heterocycles. The third kappa shape index (κ3) is 4.13. The number of ether oxygens (including phenoxy) is 1. The predicted molar refractivity (Wildman–Crippen MR) is 95.5 cm³/mol. The van der Waals surface area contributed by atoms with Crippen LogP contribution in [0.5, 0.6) is 5.75 Å². The molecule has 1 aromatic carbocycles. The quantitative estimate of drug-likeness (QED) is 0.789. The average Bonchev–Trinajstić information content (AvgIpc) is 2.95. The number of nitrogens with zero attached hydrogens (tertiary/aromatic N) is 1. The van der Waals surface area contributed by atoms with E-state index in [1.807, 2.05) is 39.8 Å². The van der Waals surface area contributed by atoms with Gasteiger partial charge >= 0.3 is 0 Å². The maximum Gasteiger partial charge on any atom is 0.263 e. The number of rotatable bonds is 7. The molecule has 1 aromatic heterocycles. The lowest BCUT2D eigenvalue weighted by atomic mass is 10.0. The summed E-state index contributed by atoms with van der Waals surface area (Å²) >= 11 is 1.36. The summed E-state index contributed by atoms with van der Waals surface area (Å²) in [6.45, 7) is 8.27. The van der Waals surface area contributed by atoms with Crippen LogP contribution >= 0.6 is 11.3 Å². The molecule has 0 bridgehead atoms. The monoisotopic (exact) mass is 348 g/mol.